The predicted octanol–water partition coefficient (Wildman–Crippen LogP) is 1.34. The zero-order chi connectivity index (χ0) is 15.8. The molecule has 0 radical (unpaired) electrons. The van der Waals surface area contributed by atoms with Gasteiger partial charge in [-0.1, -0.05) is 10.4 Å². The highest BCUT2D eigenvalue weighted by Gasteiger charge is 2.20. The Kier molecular flexibility index (Phi) is 3.41. The number of ether oxygens (including phenoxy) is 1. The molecule has 23 heavy (non-hydrogen) atoms. The van der Waals surface area contributed by atoms with Crippen molar-refractivity contribution in [2.24, 2.45) is 0 Å². The molecule has 1 aliphatic heterocycles. The Bertz CT molecular complexity index is 835. The summed E-state index contributed by atoms with van der Waals surface area (Å²) in [5.41, 5.74) is 7.61. The molecule has 4 rings (SSSR count). The maximum absolute atomic E-state index is 5.99. The van der Waals surface area contributed by atoms with Crippen LogP contribution < -0.4 is 5.73 Å². The van der Waals surface area contributed by atoms with Crippen LogP contribution in [0.2, 0.25) is 0 Å². The standard InChI is InChI=1S/C14H17N7O2/c1-8-6-10(19-23-8)13-16-12(15)11-14(17-13)21(20-18-11)7-9-4-2-3-5-22-9/h6,9H,2-5,7H2,1H3,(H2,15,16,17). The first-order valence-electron chi connectivity index (χ1n) is 7.63. The topological polar surface area (TPSA) is 118 Å². The number of aryl methyl sites for hydroxylation is 1. The minimum atomic E-state index is 0.127. The molecule has 3 aromatic rings. The lowest BCUT2D eigenvalue weighted by molar-refractivity contribution is 0.00434. The summed E-state index contributed by atoms with van der Waals surface area (Å²) in [5, 5.41) is 12.2. The van der Waals surface area contributed by atoms with E-state index in [1.807, 2.05) is 6.92 Å². The minimum absolute atomic E-state index is 0.127. The molecule has 3 aromatic heterocycles. The number of nitrogens with zero attached hydrogens (tertiary/aromatic N) is 6. The molecule has 0 aliphatic carbocycles. The van der Waals surface area contributed by atoms with Crippen molar-refractivity contribution in [3.63, 3.8) is 0 Å². The third kappa shape index (κ3) is 2.63. The maximum atomic E-state index is 5.99. The third-order valence-electron chi connectivity index (χ3n) is 3.90. The van der Waals surface area contributed by atoms with Crippen molar-refractivity contribution in [1.82, 2.24) is 30.1 Å². The van der Waals surface area contributed by atoms with E-state index in [4.69, 9.17) is 15.0 Å². The number of nitrogens with two attached hydrogens (primary N) is 1. The summed E-state index contributed by atoms with van der Waals surface area (Å²) in [4.78, 5) is 8.76. The van der Waals surface area contributed by atoms with Gasteiger partial charge in [0, 0.05) is 12.7 Å². The highest BCUT2D eigenvalue weighted by Crippen LogP contribution is 2.22. The van der Waals surface area contributed by atoms with Crippen LogP contribution >= 0.6 is 0 Å². The number of aromatic nitrogens is 6. The van der Waals surface area contributed by atoms with Gasteiger partial charge in [0.2, 0.25) is 0 Å². The van der Waals surface area contributed by atoms with Crippen LogP contribution in [-0.2, 0) is 11.3 Å². The van der Waals surface area contributed by atoms with Gasteiger partial charge in [-0.3, -0.25) is 0 Å². The van der Waals surface area contributed by atoms with Crippen molar-refractivity contribution in [2.45, 2.75) is 38.8 Å². The lowest BCUT2D eigenvalue weighted by atomic mass is 10.1. The average Bonchev–Trinajstić information content (AvgIpc) is 3.16. The molecule has 2 N–H and O–H groups in total. The van der Waals surface area contributed by atoms with E-state index >= 15 is 0 Å². The Morgan fingerprint density at radius 2 is 2.26 bits per heavy atom. The number of anilines is 1. The van der Waals surface area contributed by atoms with Crippen LogP contribution in [0.3, 0.4) is 0 Å². The number of hydrogen-bond acceptors (Lipinski definition) is 8. The molecular weight excluding hydrogens is 298 g/mol. The maximum Gasteiger partial charge on any atom is 0.186 e. The van der Waals surface area contributed by atoms with E-state index < -0.39 is 0 Å². The van der Waals surface area contributed by atoms with Crippen LogP contribution in [0.4, 0.5) is 5.82 Å². The summed E-state index contributed by atoms with van der Waals surface area (Å²) in [7, 11) is 0. The smallest absolute Gasteiger partial charge is 0.186 e. The second kappa shape index (κ2) is 5.58. The fourth-order valence-corrected chi connectivity index (χ4v) is 2.73. The Morgan fingerprint density at radius 1 is 1.35 bits per heavy atom. The van der Waals surface area contributed by atoms with E-state index in [2.05, 4.69) is 25.4 Å². The zero-order valence-corrected chi connectivity index (χ0v) is 12.8. The fourth-order valence-electron chi connectivity index (χ4n) is 2.73. The zero-order valence-electron chi connectivity index (χ0n) is 12.8. The summed E-state index contributed by atoms with van der Waals surface area (Å²) in [6.07, 6.45) is 3.41. The summed E-state index contributed by atoms with van der Waals surface area (Å²) in [6, 6.07) is 1.76. The Hall–Kier alpha value is -2.55. The molecule has 1 fully saturated rings. The first-order chi connectivity index (χ1) is 11.2. The molecule has 9 nitrogen and oxygen atoms in total. The molecule has 120 valence electrons. The van der Waals surface area contributed by atoms with Gasteiger partial charge >= 0.3 is 0 Å². The van der Waals surface area contributed by atoms with Crippen LogP contribution in [0.15, 0.2) is 10.6 Å². The van der Waals surface area contributed by atoms with Gasteiger partial charge in [-0.15, -0.1) is 5.10 Å². The predicted molar refractivity (Wildman–Crippen MR) is 81.4 cm³/mol. The highest BCUT2D eigenvalue weighted by atomic mass is 16.5. The minimum Gasteiger partial charge on any atom is -0.382 e. The molecule has 0 saturated carbocycles. The van der Waals surface area contributed by atoms with E-state index in [1.54, 1.807) is 10.7 Å². The van der Waals surface area contributed by atoms with Crippen LogP contribution in [0.1, 0.15) is 25.0 Å². The largest absolute Gasteiger partial charge is 0.382 e. The van der Waals surface area contributed by atoms with Crippen LogP contribution in [0, 0.1) is 6.92 Å². The average molecular weight is 315 g/mol. The van der Waals surface area contributed by atoms with E-state index in [9.17, 15) is 0 Å². The Balaban J connectivity index is 1.72. The van der Waals surface area contributed by atoms with Gasteiger partial charge in [0.1, 0.15) is 5.76 Å². The van der Waals surface area contributed by atoms with Crippen LogP contribution in [-0.4, -0.2) is 42.8 Å². The van der Waals surface area contributed by atoms with E-state index in [0.29, 0.717) is 35.0 Å². The van der Waals surface area contributed by atoms with Gasteiger partial charge in [0.05, 0.1) is 12.6 Å². The van der Waals surface area contributed by atoms with Gasteiger partial charge in [-0.25, -0.2) is 14.6 Å². The Labute approximate surface area is 131 Å². The van der Waals surface area contributed by atoms with Crippen LogP contribution in [0.5, 0.6) is 0 Å². The van der Waals surface area contributed by atoms with E-state index in [1.165, 1.54) is 0 Å². The molecule has 4 heterocycles. The van der Waals surface area contributed by atoms with Crippen molar-refractivity contribution in [3.8, 4) is 11.5 Å². The van der Waals surface area contributed by atoms with Gasteiger partial charge < -0.3 is 15.0 Å². The van der Waals surface area contributed by atoms with Crippen LogP contribution in [0.25, 0.3) is 22.7 Å². The Morgan fingerprint density at radius 3 is 3.00 bits per heavy atom. The summed E-state index contributed by atoms with van der Waals surface area (Å²) in [6.45, 7) is 3.20. The van der Waals surface area contributed by atoms with Crippen molar-refractivity contribution in [1.29, 1.82) is 0 Å². The molecule has 1 saturated heterocycles. The first kappa shape index (κ1) is 14.1. The quantitative estimate of drug-likeness (QED) is 0.769. The molecule has 1 atom stereocenters. The van der Waals surface area contributed by atoms with Gasteiger partial charge in [-0.2, -0.15) is 0 Å². The lowest BCUT2D eigenvalue weighted by Crippen LogP contribution is -2.25. The molecule has 1 aliphatic rings. The molecule has 1 unspecified atom stereocenters. The van der Waals surface area contributed by atoms with Crippen molar-refractivity contribution in [2.75, 3.05) is 12.3 Å². The van der Waals surface area contributed by atoms with Gasteiger partial charge in [-0.05, 0) is 26.2 Å². The molecule has 0 spiro atoms. The number of hydrogen-bond donors (Lipinski definition) is 1. The second-order valence-electron chi connectivity index (χ2n) is 5.69. The molecular formula is C14H17N7O2. The SMILES string of the molecule is Cc1cc(-c2nc(N)c3nnn(CC4CCCCO4)c3n2)no1. The molecule has 0 amide bonds. The van der Waals surface area contributed by atoms with Crippen molar-refractivity contribution in [3.05, 3.63) is 11.8 Å². The highest BCUT2D eigenvalue weighted by molar-refractivity contribution is 5.82. The summed E-state index contributed by atoms with van der Waals surface area (Å²) in [5.74, 6) is 1.37. The van der Waals surface area contributed by atoms with Gasteiger partial charge in [0.15, 0.2) is 28.5 Å². The molecule has 0 bridgehead atoms. The third-order valence-corrected chi connectivity index (χ3v) is 3.90. The second-order valence-corrected chi connectivity index (χ2v) is 5.69. The lowest BCUT2D eigenvalue weighted by Gasteiger charge is -2.22. The first-order valence-corrected chi connectivity index (χ1v) is 7.63. The summed E-state index contributed by atoms with van der Waals surface area (Å²) < 4.78 is 12.6. The van der Waals surface area contributed by atoms with Gasteiger partial charge in [0.25, 0.3) is 0 Å². The monoisotopic (exact) mass is 315 g/mol. The normalized spacial score (nSPS) is 18.6. The fraction of sp³-hybridized carbons (Fsp3) is 0.500. The number of nitrogen functional groups attached to an aromatic ring is 1. The summed E-state index contributed by atoms with van der Waals surface area (Å²) >= 11 is 0. The molecule has 0 aromatic carbocycles. The number of fused-ring (bicyclic) bond motifs is 1. The van der Waals surface area contributed by atoms with E-state index in [-0.39, 0.29) is 11.9 Å². The number of rotatable bonds is 3. The molecule has 9 heteroatoms. The van der Waals surface area contributed by atoms with Crippen molar-refractivity contribution < 1.29 is 9.26 Å². The van der Waals surface area contributed by atoms with E-state index in [0.717, 1.165) is 25.9 Å². The van der Waals surface area contributed by atoms with Crippen molar-refractivity contribution >= 4 is 17.0 Å².